The standard InChI is InChI=1S/C24H25FN2O2S/c1-23(2)15-27(21(28)17-6-5-7-17)24(30-23)19-8-3-4-9-20(19)26(22(24)29)14-16-10-12-18(25)13-11-16/h3-4,8-13,17H,5-7,14-15H2,1-2H3. The second kappa shape index (κ2) is 6.84. The fourth-order valence-corrected chi connectivity index (χ4v) is 6.52. The molecule has 2 aliphatic heterocycles. The summed E-state index contributed by atoms with van der Waals surface area (Å²) in [6, 6.07) is 14.0. The summed E-state index contributed by atoms with van der Waals surface area (Å²) >= 11 is 1.59. The van der Waals surface area contributed by atoms with Crippen molar-refractivity contribution in [1.82, 2.24) is 4.90 Å². The van der Waals surface area contributed by atoms with Crippen molar-refractivity contribution in [2.75, 3.05) is 11.4 Å². The van der Waals surface area contributed by atoms with Crippen molar-refractivity contribution >= 4 is 29.3 Å². The number of fused-ring (bicyclic) bond motifs is 2. The number of halogens is 1. The molecule has 2 aromatic carbocycles. The van der Waals surface area contributed by atoms with Crippen LogP contribution in [-0.4, -0.2) is 28.0 Å². The van der Waals surface area contributed by atoms with Crippen molar-refractivity contribution in [2.45, 2.75) is 49.3 Å². The molecule has 156 valence electrons. The monoisotopic (exact) mass is 424 g/mol. The number of carbonyl (C=O) groups is 2. The summed E-state index contributed by atoms with van der Waals surface area (Å²) in [7, 11) is 0. The maximum Gasteiger partial charge on any atom is 0.268 e. The molecule has 5 rings (SSSR count). The first-order valence-corrected chi connectivity index (χ1v) is 11.3. The molecule has 1 atom stereocenters. The molecule has 1 saturated carbocycles. The van der Waals surface area contributed by atoms with Gasteiger partial charge in [-0.3, -0.25) is 9.59 Å². The van der Waals surface area contributed by atoms with Gasteiger partial charge in [-0.05, 0) is 50.5 Å². The first-order valence-electron chi connectivity index (χ1n) is 10.5. The normalized spacial score (nSPS) is 25.0. The molecule has 2 fully saturated rings. The van der Waals surface area contributed by atoms with Crippen LogP contribution in [0, 0.1) is 11.7 Å². The highest BCUT2D eigenvalue weighted by Gasteiger charge is 2.64. The fraction of sp³-hybridized carbons (Fsp3) is 0.417. The second-order valence-electron chi connectivity index (χ2n) is 9.09. The van der Waals surface area contributed by atoms with Crippen LogP contribution in [0.15, 0.2) is 48.5 Å². The van der Waals surface area contributed by atoms with Gasteiger partial charge in [-0.1, -0.05) is 36.8 Å². The first-order chi connectivity index (χ1) is 14.3. The van der Waals surface area contributed by atoms with Gasteiger partial charge >= 0.3 is 0 Å². The number of carbonyl (C=O) groups excluding carboxylic acids is 2. The van der Waals surface area contributed by atoms with Gasteiger partial charge in [0.1, 0.15) is 5.82 Å². The van der Waals surface area contributed by atoms with E-state index in [2.05, 4.69) is 13.8 Å². The van der Waals surface area contributed by atoms with Gasteiger partial charge in [-0.25, -0.2) is 4.39 Å². The molecule has 0 bridgehead atoms. The van der Waals surface area contributed by atoms with Gasteiger partial charge in [0.25, 0.3) is 5.91 Å². The van der Waals surface area contributed by atoms with Crippen LogP contribution in [0.4, 0.5) is 10.1 Å². The molecular weight excluding hydrogens is 399 g/mol. The Bertz CT molecular complexity index is 1020. The smallest absolute Gasteiger partial charge is 0.268 e. The lowest BCUT2D eigenvalue weighted by molar-refractivity contribution is -0.146. The third-order valence-corrected chi connectivity index (χ3v) is 8.00. The molecule has 0 radical (unpaired) electrons. The van der Waals surface area contributed by atoms with Crippen molar-refractivity contribution in [3.63, 3.8) is 0 Å². The molecule has 1 aliphatic carbocycles. The van der Waals surface area contributed by atoms with Gasteiger partial charge in [0.2, 0.25) is 5.91 Å². The third-order valence-electron chi connectivity index (χ3n) is 6.41. The highest BCUT2D eigenvalue weighted by atomic mass is 32.2. The predicted molar refractivity (Wildman–Crippen MR) is 116 cm³/mol. The van der Waals surface area contributed by atoms with Gasteiger partial charge in [0.05, 0.1) is 12.2 Å². The van der Waals surface area contributed by atoms with E-state index < -0.39 is 4.87 Å². The predicted octanol–water partition coefficient (Wildman–Crippen LogP) is 4.68. The van der Waals surface area contributed by atoms with E-state index in [0.29, 0.717) is 13.1 Å². The Morgan fingerprint density at radius 1 is 1.13 bits per heavy atom. The van der Waals surface area contributed by atoms with Crippen LogP contribution in [0.5, 0.6) is 0 Å². The number of hydrogen-bond acceptors (Lipinski definition) is 3. The molecule has 1 spiro atoms. The first kappa shape index (κ1) is 19.6. The summed E-state index contributed by atoms with van der Waals surface area (Å²) in [6.07, 6.45) is 2.90. The van der Waals surface area contributed by atoms with E-state index in [0.717, 1.165) is 36.1 Å². The molecular formula is C24H25FN2O2S. The molecule has 0 N–H and O–H groups in total. The Morgan fingerprint density at radius 3 is 2.50 bits per heavy atom. The molecule has 0 aromatic heterocycles. The van der Waals surface area contributed by atoms with E-state index in [9.17, 15) is 14.0 Å². The summed E-state index contributed by atoms with van der Waals surface area (Å²) in [5.41, 5.74) is 2.58. The fourth-order valence-electron chi connectivity index (χ4n) is 4.78. The van der Waals surface area contributed by atoms with Gasteiger partial charge in [-0.15, -0.1) is 11.8 Å². The molecule has 4 nitrogen and oxygen atoms in total. The quantitative estimate of drug-likeness (QED) is 0.718. The van der Waals surface area contributed by atoms with Gasteiger partial charge in [-0.2, -0.15) is 0 Å². The molecule has 2 aromatic rings. The Morgan fingerprint density at radius 2 is 1.83 bits per heavy atom. The number of anilines is 1. The lowest BCUT2D eigenvalue weighted by Crippen LogP contribution is -2.52. The molecule has 3 aliphatic rings. The number of benzene rings is 2. The van der Waals surface area contributed by atoms with Crippen LogP contribution in [0.2, 0.25) is 0 Å². The largest absolute Gasteiger partial charge is 0.314 e. The minimum atomic E-state index is -1.02. The topological polar surface area (TPSA) is 40.6 Å². The summed E-state index contributed by atoms with van der Waals surface area (Å²) in [5, 5.41) is 0. The lowest BCUT2D eigenvalue weighted by Gasteiger charge is -2.37. The van der Waals surface area contributed by atoms with Crippen molar-refractivity contribution in [3.8, 4) is 0 Å². The van der Waals surface area contributed by atoms with Crippen LogP contribution in [0.3, 0.4) is 0 Å². The van der Waals surface area contributed by atoms with Crippen molar-refractivity contribution < 1.29 is 14.0 Å². The second-order valence-corrected chi connectivity index (χ2v) is 11.0. The Labute approximate surface area is 180 Å². The lowest BCUT2D eigenvalue weighted by atomic mass is 9.83. The molecule has 1 saturated heterocycles. The van der Waals surface area contributed by atoms with Crippen LogP contribution in [0.1, 0.15) is 44.2 Å². The maximum absolute atomic E-state index is 14.0. The Kier molecular flexibility index (Phi) is 4.47. The number of hydrogen-bond donors (Lipinski definition) is 0. The van der Waals surface area contributed by atoms with Crippen molar-refractivity contribution in [2.24, 2.45) is 5.92 Å². The molecule has 2 heterocycles. The summed E-state index contributed by atoms with van der Waals surface area (Å²) in [5.74, 6) is -0.237. The molecule has 30 heavy (non-hydrogen) atoms. The van der Waals surface area contributed by atoms with Gasteiger partial charge < -0.3 is 9.80 Å². The number of amides is 2. The van der Waals surface area contributed by atoms with Crippen LogP contribution < -0.4 is 4.90 Å². The van der Waals surface area contributed by atoms with E-state index >= 15 is 0 Å². The van der Waals surface area contributed by atoms with E-state index in [-0.39, 0.29) is 28.3 Å². The number of nitrogens with zero attached hydrogens (tertiary/aromatic N) is 2. The average Bonchev–Trinajstić information content (AvgIpc) is 3.09. The van der Waals surface area contributed by atoms with E-state index in [1.165, 1.54) is 12.1 Å². The van der Waals surface area contributed by atoms with Crippen molar-refractivity contribution in [1.29, 1.82) is 0 Å². The number of thioether (sulfide) groups is 1. The number of para-hydroxylation sites is 1. The zero-order valence-electron chi connectivity index (χ0n) is 17.2. The van der Waals surface area contributed by atoms with Gasteiger partial charge in [0, 0.05) is 22.8 Å². The zero-order chi connectivity index (χ0) is 21.1. The third kappa shape index (κ3) is 2.88. The Balaban J connectivity index is 1.59. The number of rotatable bonds is 3. The summed E-state index contributed by atoms with van der Waals surface area (Å²) in [4.78, 5) is 30.1. The Hall–Kier alpha value is -2.34. The maximum atomic E-state index is 14.0. The van der Waals surface area contributed by atoms with Crippen LogP contribution in [0.25, 0.3) is 0 Å². The van der Waals surface area contributed by atoms with Crippen molar-refractivity contribution in [3.05, 3.63) is 65.5 Å². The van der Waals surface area contributed by atoms with E-state index in [4.69, 9.17) is 0 Å². The summed E-state index contributed by atoms with van der Waals surface area (Å²) < 4.78 is 13.1. The highest BCUT2D eigenvalue weighted by Crippen LogP contribution is 2.60. The summed E-state index contributed by atoms with van der Waals surface area (Å²) in [6.45, 7) is 5.11. The average molecular weight is 425 g/mol. The minimum absolute atomic E-state index is 0.0301. The molecule has 1 unspecified atom stereocenters. The van der Waals surface area contributed by atoms with Crippen LogP contribution >= 0.6 is 11.8 Å². The van der Waals surface area contributed by atoms with E-state index in [1.807, 2.05) is 29.2 Å². The highest BCUT2D eigenvalue weighted by molar-refractivity contribution is 8.02. The minimum Gasteiger partial charge on any atom is -0.314 e. The van der Waals surface area contributed by atoms with Crippen LogP contribution in [-0.2, 0) is 21.0 Å². The van der Waals surface area contributed by atoms with E-state index in [1.54, 1.807) is 28.8 Å². The zero-order valence-corrected chi connectivity index (χ0v) is 18.0. The SMILES string of the molecule is CC1(C)CN(C(=O)C2CCC2)C2(S1)C(=O)N(Cc1ccc(F)cc1)c1ccccc12. The van der Waals surface area contributed by atoms with Gasteiger partial charge in [0.15, 0.2) is 4.87 Å². The molecule has 2 amide bonds. The molecule has 6 heteroatoms.